The summed E-state index contributed by atoms with van der Waals surface area (Å²) in [5, 5.41) is 9.46. The maximum absolute atomic E-state index is 15.3. The lowest BCUT2D eigenvalue weighted by Crippen LogP contribution is -2.43. The van der Waals surface area contributed by atoms with Gasteiger partial charge in [-0.25, -0.2) is 29.1 Å². The molecular weight excluding hydrogens is 1340 g/mol. The molecule has 6 aromatic carbocycles. The summed E-state index contributed by atoms with van der Waals surface area (Å²) in [5.41, 5.74) is 14.3. The van der Waals surface area contributed by atoms with E-state index in [0.717, 1.165) is 66.8 Å². The van der Waals surface area contributed by atoms with Gasteiger partial charge in [-0.2, -0.15) is 0 Å². The Bertz CT molecular complexity index is 5120. The third kappa shape index (κ3) is 12.3. The predicted molar refractivity (Wildman–Crippen MR) is 404 cm³/mol. The Balaban J connectivity index is 0.730. The van der Waals surface area contributed by atoms with Gasteiger partial charge in [-0.15, -0.1) is 0 Å². The van der Waals surface area contributed by atoms with Gasteiger partial charge in [0.25, 0.3) is 0 Å². The molecule has 6 amide bonds. The SMILES string of the molecule is CC(C)(C)OC(=O)c1c2nc(c(NC(=O)[C@@H]3CCCN3C(=O)OCC3c4ccccc4-c4ccccc43)c3ccc([nH]3)c(NC(=O)[C@@H]3CCCN3C(=O)OCC3c4ccccc4-c4ccccc43)c3nc(c(NC(=O)[C@@H]4CCCN4C(=O)OCC4c5ccccc5-c5ccccc54)c4ccc1[nH]4)C=C3)C=C2. The minimum Gasteiger partial charge on any atom is -0.456 e. The zero-order chi connectivity index (χ0) is 72.5. The lowest BCUT2D eigenvalue weighted by Gasteiger charge is -2.25. The highest BCUT2D eigenvalue weighted by Gasteiger charge is 2.42. The van der Waals surface area contributed by atoms with Crippen LogP contribution in [0, 0.1) is 0 Å². The molecule has 5 N–H and O–H groups in total. The van der Waals surface area contributed by atoms with Gasteiger partial charge in [0, 0.05) is 37.4 Å². The number of nitrogens with one attached hydrogen (secondary N) is 5. The Labute approximate surface area is 610 Å². The number of anilines is 3. The number of likely N-dealkylation sites (tertiary alicyclic amines) is 3. The summed E-state index contributed by atoms with van der Waals surface area (Å²) in [5.74, 6) is -2.95. The van der Waals surface area contributed by atoms with E-state index in [0.29, 0.717) is 55.1 Å². The number of benzene rings is 6. The van der Waals surface area contributed by atoms with Gasteiger partial charge in [0.05, 0.1) is 61.9 Å². The van der Waals surface area contributed by atoms with Gasteiger partial charge in [-0.05, 0) is 175 Å². The minimum atomic E-state index is -0.980. The molecule has 3 atom stereocenters. The number of aromatic amines is 2. The number of amides is 6. The van der Waals surface area contributed by atoms with Crippen LogP contribution in [0.3, 0.4) is 0 Å². The molecule has 21 nitrogen and oxygen atoms in total. The fraction of sp³-hybridized carbons (Fsp3) is 0.259. The third-order valence-electron chi connectivity index (χ3n) is 21.5. The zero-order valence-corrected chi connectivity index (χ0v) is 58.7. The number of carbonyl (C=O) groups excluding carboxylic acids is 7. The summed E-state index contributed by atoms with van der Waals surface area (Å²) in [6.07, 6.45) is 7.27. The Morgan fingerprint density at radius 1 is 0.387 bits per heavy atom. The number of ether oxygens (including phenoxy) is 4. The number of rotatable bonds is 13. The first-order valence-corrected chi connectivity index (χ1v) is 36.3. The lowest BCUT2D eigenvalue weighted by molar-refractivity contribution is -0.120. The van der Waals surface area contributed by atoms with E-state index in [2.05, 4.69) is 62.3 Å². The van der Waals surface area contributed by atoms with E-state index in [4.69, 9.17) is 28.9 Å². The Morgan fingerprint density at radius 3 is 0.972 bits per heavy atom. The molecule has 532 valence electrons. The van der Waals surface area contributed by atoms with Crippen LogP contribution in [0.1, 0.15) is 144 Å². The minimum absolute atomic E-state index is 0.0195. The van der Waals surface area contributed by atoms with Gasteiger partial charge in [-0.3, -0.25) is 29.1 Å². The average Bonchev–Trinajstić information content (AvgIpc) is 1.63. The molecule has 0 saturated carbocycles. The van der Waals surface area contributed by atoms with Crippen LogP contribution in [0.4, 0.5) is 31.4 Å². The molecule has 9 aromatic rings. The van der Waals surface area contributed by atoms with Crippen LogP contribution in [-0.4, -0.2) is 140 Å². The van der Waals surface area contributed by atoms with E-state index in [-0.39, 0.29) is 108 Å². The van der Waals surface area contributed by atoms with Crippen LogP contribution < -0.4 is 16.0 Å². The molecule has 3 aliphatic carbocycles. The van der Waals surface area contributed by atoms with Crippen molar-refractivity contribution in [3.8, 4) is 33.4 Å². The van der Waals surface area contributed by atoms with Crippen LogP contribution in [0.2, 0.25) is 0 Å². The van der Waals surface area contributed by atoms with E-state index in [9.17, 15) is 19.2 Å². The van der Waals surface area contributed by atoms with E-state index in [1.165, 1.54) is 14.7 Å². The normalized spacial score (nSPS) is 17.5. The van der Waals surface area contributed by atoms with Gasteiger partial charge in [0.1, 0.15) is 49.1 Å². The predicted octanol–water partition coefficient (Wildman–Crippen LogP) is 15.7. The summed E-state index contributed by atoms with van der Waals surface area (Å²) in [4.78, 5) is 125. The van der Waals surface area contributed by atoms with Crippen molar-refractivity contribution in [3.05, 3.63) is 232 Å². The van der Waals surface area contributed by atoms with E-state index < -0.39 is 65.7 Å². The maximum atomic E-state index is 15.3. The molecule has 8 bridgehead atoms. The van der Waals surface area contributed by atoms with Crippen molar-refractivity contribution in [3.63, 3.8) is 0 Å². The highest BCUT2D eigenvalue weighted by molar-refractivity contribution is 6.09. The lowest BCUT2D eigenvalue weighted by atomic mass is 9.98. The maximum Gasteiger partial charge on any atom is 0.410 e. The molecule has 3 fully saturated rings. The summed E-state index contributed by atoms with van der Waals surface area (Å²) in [7, 11) is 0. The highest BCUT2D eigenvalue weighted by atomic mass is 16.6. The summed E-state index contributed by atoms with van der Waals surface area (Å²) in [6, 6.07) is 52.3. The molecule has 0 radical (unpaired) electrons. The number of carbonyl (C=O) groups is 7. The molecule has 3 aromatic heterocycles. The molecular formula is C85H76N10O11. The third-order valence-corrected chi connectivity index (χ3v) is 21.5. The molecule has 5 aliphatic heterocycles. The first kappa shape index (κ1) is 66.8. The summed E-state index contributed by atoms with van der Waals surface area (Å²) < 4.78 is 24.6. The van der Waals surface area contributed by atoms with Gasteiger partial charge >= 0.3 is 24.2 Å². The van der Waals surface area contributed by atoms with Crippen LogP contribution in [-0.2, 0) is 33.3 Å². The molecule has 0 spiro atoms. The highest BCUT2D eigenvalue weighted by Crippen LogP contribution is 2.48. The standard InChI is InChI=1S/C85H76N10O11/c1-85(2,3)106-81(99)74-63-34-36-65(86-63)75(90-78(96)71-31-16-42-93(71)82(100)103-45-60-54-25-10-4-19-48(54)49-20-5-11-26-55(49)60)67-38-40-69(88-67)77(92-80(98)73-33-18-44-95(73)84(102)105-47-62-58-29-14-8-23-52(58)53-24-9-15-30-59(53)62)70-41-39-68(89-70)76(66-37-35-64(74)87-66)91-79(97)72-32-17-43-94(72)83(101)104-46-61-56-27-12-6-21-50(56)51-22-7-13-28-57(51)61/h4-15,19-30,34-41,60-62,71-73,86,89H,16-18,31-33,42-47H2,1-3H3,(H,90,96)(H,91,97)(H,92,98)/t71-,72-,73-/m0/s1. The van der Waals surface area contributed by atoms with Crippen LogP contribution in [0.15, 0.2) is 170 Å². The van der Waals surface area contributed by atoms with Crippen molar-refractivity contribution in [2.45, 2.75) is 101 Å². The molecule has 21 heteroatoms. The van der Waals surface area contributed by atoms with Crippen molar-refractivity contribution in [2.24, 2.45) is 0 Å². The van der Waals surface area contributed by atoms with Crippen LogP contribution in [0.25, 0.3) is 79.8 Å². The fourth-order valence-electron chi connectivity index (χ4n) is 16.6. The molecule has 106 heavy (non-hydrogen) atoms. The number of H-pyrrole nitrogens is 2. The van der Waals surface area contributed by atoms with Gasteiger partial charge in [0.2, 0.25) is 17.7 Å². The molecule has 17 rings (SSSR count). The number of fused-ring (bicyclic) bond motifs is 17. The van der Waals surface area contributed by atoms with Crippen molar-refractivity contribution in [1.82, 2.24) is 34.6 Å². The quantitative estimate of drug-likeness (QED) is 0.0532. The monoisotopic (exact) mass is 1410 g/mol. The van der Waals surface area contributed by atoms with E-state index in [1.807, 2.05) is 109 Å². The second-order valence-corrected chi connectivity index (χ2v) is 28.9. The van der Waals surface area contributed by atoms with E-state index in [1.54, 1.807) is 69.3 Å². The Hall–Kier alpha value is -12.4. The Morgan fingerprint density at radius 2 is 0.660 bits per heavy atom. The Kier molecular flexibility index (Phi) is 17.2. The van der Waals surface area contributed by atoms with Crippen molar-refractivity contribution in [2.75, 3.05) is 55.4 Å². The van der Waals surface area contributed by atoms with Crippen molar-refractivity contribution < 1.29 is 52.5 Å². The first-order valence-electron chi connectivity index (χ1n) is 36.3. The zero-order valence-electron chi connectivity index (χ0n) is 58.7. The molecule has 8 aliphatic rings. The average molecular weight is 1410 g/mol. The molecule has 0 unspecified atom stereocenters. The second kappa shape index (κ2) is 27.3. The fourth-order valence-corrected chi connectivity index (χ4v) is 16.6. The van der Waals surface area contributed by atoms with Crippen molar-refractivity contribution in [1.29, 1.82) is 0 Å². The first-order chi connectivity index (χ1) is 51.6. The van der Waals surface area contributed by atoms with Gasteiger partial charge in [-0.1, -0.05) is 146 Å². The number of aromatic nitrogens is 4. The second-order valence-electron chi connectivity index (χ2n) is 28.9. The van der Waals surface area contributed by atoms with E-state index >= 15 is 14.4 Å². The summed E-state index contributed by atoms with van der Waals surface area (Å²) in [6.45, 7) is 6.20. The topological polar surface area (TPSA) is 260 Å². The number of hydrogen-bond donors (Lipinski definition) is 5. The molecule has 8 heterocycles. The number of nitrogens with zero attached hydrogens (tertiary/aromatic N) is 5. The number of hydrogen-bond acceptors (Lipinski definition) is 13. The number of esters is 1. The molecule has 3 saturated heterocycles. The largest absolute Gasteiger partial charge is 0.456 e. The van der Waals surface area contributed by atoms with Crippen LogP contribution >= 0.6 is 0 Å². The smallest absolute Gasteiger partial charge is 0.410 e. The summed E-state index contributed by atoms with van der Waals surface area (Å²) >= 11 is 0. The van der Waals surface area contributed by atoms with Crippen LogP contribution in [0.5, 0.6) is 0 Å². The van der Waals surface area contributed by atoms with Gasteiger partial charge in [0.15, 0.2) is 0 Å². The van der Waals surface area contributed by atoms with Gasteiger partial charge < -0.3 is 44.9 Å². The van der Waals surface area contributed by atoms with Crippen molar-refractivity contribution >= 4 is 105 Å².